The first-order valence-electron chi connectivity index (χ1n) is 9.56. The van der Waals surface area contributed by atoms with Gasteiger partial charge in [-0.3, -0.25) is 4.79 Å². The van der Waals surface area contributed by atoms with E-state index in [-0.39, 0.29) is 23.4 Å². The number of ether oxygens (including phenoxy) is 1. The molecular formula is C20H22F4N4O5S. The zero-order chi connectivity index (χ0) is 25.6. The Morgan fingerprint density at radius 3 is 2.06 bits per heavy atom. The molecule has 0 aliphatic heterocycles. The van der Waals surface area contributed by atoms with Gasteiger partial charge in [0.15, 0.2) is 0 Å². The molecule has 14 heteroatoms. The van der Waals surface area contributed by atoms with E-state index in [0.717, 1.165) is 21.3 Å². The summed E-state index contributed by atoms with van der Waals surface area (Å²) in [6.07, 6.45) is -0.389. The molecule has 34 heavy (non-hydrogen) atoms. The van der Waals surface area contributed by atoms with Crippen LogP contribution in [-0.2, 0) is 21.4 Å². The minimum Gasteiger partial charge on any atom is -0.435 e. The highest BCUT2D eigenvalue weighted by Gasteiger charge is 2.28. The van der Waals surface area contributed by atoms with Crippen molar-refractivity contribution in [1.29, 1.82) is 0 Å². The van der Waals surface area contributed by atoms with Gasteiger partial charge in [0.05, 0.1) is 0 Å². The summed E-state index contributed by atoms with van der Waals surface area (Å²) in [6, 6.07) is 4.79. The summed E-state index contributed by atoms with van der Waals surface area (Å²) in [5.41, 5.74) is 0.228. The molecule has 0 spiro atoms. The summed E-state index contributed by atoms with van der Waals surface area (Å²) < 4.78 is 82.4. The van der Waals surface area contributed by atoms with Crippen LogP contribution < -0.4 is 19.7 Å². The number of rotatable bonds is 9. The van der Waals surface area contributed by atoms with Crippen molar-refractivity contribution in [3.63, 3.8) is 0 Å². The Kier molecular flexibility index (Phi) is 8.81. The van der Waals surface area contributed by atoms with Gasteiger partial charge in [-0.1, -0.05) is 0 Å². The Morgan fingerprint density at radius 2 is 1.56 bits per heavy atom. The van der Waals surface area contributed by atoms with Crippen LogP contribution in [0.15, 0.2) is 42.5 Å². The van der Waals surface area contributed by atoms with Gasteiger partial charge in [-0.15, -0.1) is 0 Å². The zero-order valence-electron chi connectivity index (χ0n) is 18.3. The van der Waals surface area contributed by atoms with E-state index in [1.54, 1.807) is 4.72 Å². The Labute approximate surface area is 193 Å². The van der Waals surface area contributed by atoms with Crippen LogP contribution in [0, 0.1) is 11.6 Å². The molecule has 0 aliphatic carbocycles. The maximum atomic E-state index is 13.6. The van der Waals surface area contributed by atoms with E-state index >= 15 is 0 Å². The van der Waals surface area contributed by atoms with Crippen LogP contribution in [0.25, 0.3) is 0 Å². The molecule has 0 heterocycles. The number of likely N-dealkylation sites (N-methyl/N-ethyl adjacent to an activating group) is 1. The third-order valence-corrected chi connectivity index (χ3v) is 5.85. The van der Waals surface area contributed by atoms with Crippen molar-refractivity contribution in [3.05, 3.63) is 59.7 Å². The maximum absolute atomic E-state index is 13.6. The van der Waals surface area contributed by atoms with Crippen LogP contribution in [0.2, 0.25) is 0 Å². The normalized spacial score (nSPS) is 12.4. The third-order valence-electron chi connectivity index (χ3n) is 4.45. The molecule has 2 N–H and O–H groups in total. The Hall–Kier alpha value is -3.39. The van der Waals surface area contributed by atoms with E-state index in [4.69, 9.17) is 0 Å². The van der Waals surface area contributed by atoms with Gasteiger partial charge in [0, 0.05) is 39.3 Å². The summed E-state index contributed by atoms with van der Waals surface area (Å²) in [7, 11) is -0.546. The van der Waals surface area contributed by atoms with Crippen molar-refractivity contribution in [1.82, 2.24) is 14.3 Å². The lowest BCUT2D eigenvalue weighted by atomic mass is 10.0. The average Bonchev–Trinajstić information content (AvgIpc) is 2.71. The van der Waals surface area contributed by atoms with E-state index in [1.165, 1.54) is 45.4 Å². The van der Waals surface area contributed by atoms with E-state index in [1.807, 2.05) is 0 Å². The first kappa shape index (κ1) is 26.9. The molecule has 2 aromatic carbocycles. The van der Waals surface area contributed by atoms with Gasteiger partial charge in [-0.25, -0.2) is 18.3 Å². The van der Waals surface area contributed by atoms with Crippen molar-refractivity contribution in [2.24, 2.45) is 0 Å². The monoisotopic (exact) mass is 506 g/mol. The number of hydrogen-bond acceptors (Lipinski definition) is 5. The van der Waals surface area contributed by atoms with Gasteiger partial charge in [0.1, 0.15) is 23.4 Å². The number of amides is 3. The van der Waals surface area contributed by atoms with Gasteiger partial charge in [-0.05, 0) is 42.0 Å². The zero-order valence-corrected chi connectivity index (χ0v) is 19.1. The van der Waals surface area contributed by atoms with Crippen LogP contribution in [-0.4, -0.2) is 58.5 Å². The van der Waals surface area contributed by atoms with Gasteiger partial charge in [-0.2, -0.15) is 21.5 Å². The molecule has 0 fully saturated rings. The van der Waals surface area contributed by atoms with Crippen LogP contribution in [0.4, 0.5) is 28.0 Å². The highest BCUT2D eigenvalue weighted by molar-refractivity contribution is 7.87. The average molecular weight is 506 g/mol. The number of urea groups is 1. The van der Waals surface area contributed by atoms with Crippen LogP contribution in [0.5, 0.6) is 5.75 Å². The molecular weight excluding hydrogens is 484 g/mol. The van der Waals surface area contributed by atoms with Gasteiger partial charge in [0.2, 0.25) is 5.91 Å². The van der Waals surface area contributed by atoms with Crippen LogP contribution in [0.1, 0.15) is 5.56 Å². The quantitative estimate of drug-likeness (QED) is 0.508. The summed E-state index contributed by atoms with van der Waals surface area (Å²) in [4.78, 5) is 26.4. The molecule has 0 saturated carbocycles. The molecule has 0 aromatic heterocycles. The standard InChI is InChI=1S/C20H22F4N4O5S/c1-27(2)34(31,32)26-20(30)25-17(10-12-8-13(21)11-14(22)9-12)18(29)28(3)15-4-6-16(7-5-15)33-19(23)24/h4-9,11,17,19H,10H2,1-3H3,(H2,25,26,30). The van der Waals surface area contributed by atoms with Crippen LogP contribution in [0.3, 0.4) is 0 Å². The molecule has 9 nitrogen and oxygen atoms in total. The van der Waals surface area contributed by atoms with Crippen molar-refractivity contribution >= 4 is 27.8 Å². The first-order chi connectivity index (χ1) is 15.8. The number of carbonyl (C=O) groups excluding carboxylic acids is 2. The fraction of sp³-hybridized carbons (Fsp3) is 0.300. The molecule has 0 bridgehead atoms. The number of nitrogens with zero attached hydrogens (tertiary/aromatic N) is 2. The summed E-state index contributed by atoms with van der Waals surface area (Å²) in [6.45, 7) is -3.04. The van der Waals surface area contributed by atoms with Crippen molar-refractivity contribution in [2.45, 2.75) is 19.1 Å². The summed E-state index contributed by atoms with van der Waals surface area (Å²) >= 11 is 0. The number of benzene rings is 2. The fourth-order valence-corrected chi connectivity index (χ4v) is 3.25. The summed E-state index contributed by atoms with van der Waals surface area (Å²) in [5.74, 6) is -2.77. The Bertz CT molecular complexity index is 1110. The molecule has 2 rings (SSSR count). The predicted molar refractivity (Wildman–Crippen MR) is 115 cm³/mol. The lowest BCUT2D eigenvalue weighted by Gasteiger charge is -2.25. The second kappa shape index (κ2) is 11.2. The van der Waals surface area contributed by atoms with E-state index in [2.05, 4.69) is 10.1 Å². The van der Waals surface area contributed by atoms with Crippen LogP contribution >= 0.6 is 0 Å². The lowest BCUT2D eigenvalue weighted by molar-refractivity contribution is -0.120. The minimum absolute atomic E-state index is 0.0145. The SMILES string of the molecule is CN(C(=O)C(Cc1cc(F)cc(F)c1)NC(=O)NS(=O)(=O)N(C)C)c1ccc(OC(F)F)cc1. The number of alkyl halides is 2. The maximum Gasteiger partial charge on any atom is 0.387 e. The van der Waals surface area contributed by atoms with E-state index in [9.17, 15) is 35.6 Å². The summed E-state index contributed by atoms with van der Waals surface area (Å²) in [5, 5.41) is 2.19. The number of carbonyl (C=O) groups is 2. The smallest absolute Gasteiger partial charge is 0.387 e. The third kappa shape index (κ3) is 7.59. The highest BCUT2D eigenvalue weighted by atomic mass is 32.2. The molecule has 1 atom stereocenters. The van der Waals surface area contributed by atoms with Crippen molar-refractivity contribution in [3.8, 4) is 5.75 Å². The van der Waals surface area contributed by atoms with E-state index < -0.39 is 46.4 Å². The second-order valence-corrected chi connectivity index (χ2v) is 9.05. The number of halogens is 4. The van der Waals surface area contributed by atoms with Gasteiger partial charge in [0.25, 0.3) is 0 Å². The van der Waals surface area contributed by atoms with E-state index in [0.29, 0.717) is 6.07 Å². The number of nitrogens with one attached hydrogen (secondary N) is 2. The highest BCUT2D eigenvalue weighted by Crippen LogP contribution is 2.21. The van der Waals surface area contributed by atoms with Gasteiger partial charge < -0.3 is 15.0 Å². The van der Waals surface area contributed by atoms with Crippen molar-refractivity contribution < 1.29 is 40.3 Å². The molecule has 0 saturated heterocycles. The molecule has 0 aliphatic rings. The second-order valence-electron chi connectivity index (χ2n) is 7.17. The molecule has 186 valence electrons. The number of anilines is 1. The Balaban J connectivity index is 2.29. The number of hydrogen-bond donors (Lipinski definition) is 2. The predicted octanol–water partition coefficient (Wildman–Crippen LogP) is 2.25. The van der Waals surface area contributed by atoms with Gasteiger partial charge >= 0.3 is 22.9 Å². The molecule has 2 aromatic rings. The lowest BCUT2D eigenvalue weighted by Crippen LogP contribution is -2.53. The van der Waals surface area contributed by atoms with Crippen molar-refractivity contribution in [2.75, 3.05) is 26.0 Å². The minimum atomic E-state index is -4.19. The molecule has 0 radical (unpaired) electrons. The largest absolute Gasteiger partial charge is 0.435 e. The topological polar surface area (TPSA) is 108 Å². The molecule has 1 unspecified atom stereocenters. The Morgan fingerprint density at radius 1 is 1.00 bits per heavy atom. The fourth-order valence-electron chi connectivity index (χ4n) is 2.77. The first-order valence-corrected chi connectivity index (χ1v) is 11.0. The molecule has 3 amide bonds.